The minimum absolute atomic E-state index is 0.0430. The van der Waals surface area contributed by atoms with Crippen molar-refractivity contribution in [2.45, 2.75) is 11.7 Å². The van der Waals surface area contributed by atoms with Gasteiger partial charge in [0.2, 0.25) is 0 Å². The number of carboxylic acid groups (broad SMARTS) is 1. The number of hydrogen-bond acceptors (Lipinski definition) is 5. The van der Waals surface area contributed by atoms with Gasteiger partial charge in [-0.25, -0.2) is 4.98 Å². The molecule has 0 aliphatic rings. The molecule has 1 atom stereocenters. The summed E-state index contributed by atoms with van der Waals surface area (Å²) in [5.41, 5.74) is 1.57. The Morgan fingerprint density at radius 3 is 2.88 bits per heavy atom. The summed E-state index contributed by atoms with van der Waals surface area (Å²) in [7, 11) is 0. The van der Waals surface area contributed by atoms with Crippen LogP contribution in [0.15, 0.2) is 58.5 Å². The number of rotatable bonds is 6. The summed E-state index contributed by atoms with van der Waals surface area (Å²) < 4.78 is 6.94. The van der Waals surface area contributed by atoms with E-state index < -0.39 is 5.97 Å². The van der Waals surface area contributed by atoms with Crippen molar-refractivity contribution in [3.05, 3.63) is 74.6 Å². The van der Waals surface area contributed by atoms with Crippen LogP contribution in [-0.2, 0) is 11.2 Å². The standard InChI is InChI=1S/C18H14BrNO3S2/c19-12-4-5-15(14(10-12)17(24)18-20-6-7-25-18)23-13-3-1-2-11(8-13)9-16(21)22/h1-8,10,17,24H,9H2,(H,21,22). The molecule has 0 aliphatic heterocycles. The van der Waals surface area contributed by atoms with Gasteiger partial charge in [-0.2, -0.15) is 12.6 Å². The Morgan fingerprint density at radius 1 is 1.32 bits per heavy atom. The summed E-state index contributed by atoms with van der Waals surface area (Å²) in [5.74, 6) is 0.369. The Bertz CT molecular complexity index is 884. The highest BCUT2D eigenvalue weighted by Crippen LogP contribution is 2.39. The number of aliphatic carboxylic acids is 1. The number of ether oxygens (including phenoxy) is 1. The van der Waals surface area contributed by atoms with Crippen LogP contribution in [0.3, 0.4) is 0 Å². The molecule has 4 nitrogen and oxygen atoms in total. The molecule has 2 aromatic carbocycles. The van der Waals surface area contributed by atoms with Gasteiger partial charge in [-0.1, -0.05) is 28.1 Å². The quantitative estimate of drug-likeness (QED) is 0.512. The molecule has 1 heterocycles. The van der Waals surface area contributed by atoms with Crippen LogP contribution in [0.4, 0.5) is 0 Å². The number of benzene rings is 2. The molecule has 0 aliphatic carbocycles. The lowest BCUT2D eigenvalue weighted by Crippen LogP contribution is -2.00. The Morgan fingerprint density at radius 2 is 2.16 bits per heavy atom. The smallest absolute Gasteiger partial charge is 0.307 e. The van der Waals surface area contributed by atoms with Crippen LogP contribution in [0, 0.1) is 0 Å². The van der Waals surface area contributed by atoms with Crippen LogP contribution >= 0.6 is 39.9 Å². The zero-order valence-electron chi connectivity index (χ0n) is 12.9. The van der Waals surface area contributed by atoms with Crippen molar-refractivity contribution in [2.24, 2.45) is 0 Å². The third-order valence-corrected chi connectivity index (χ3v) is 5.46. The molecule has 0 saturated heterocycles. The van der Waals surface area contributed by atoms with E-state index in [9.17, 15) is 4.79 Å². The number of aromatic nitrogens is 1. The molecule has 1 aromatic heterocycles. The van der Waals surface area contributed by atoms with E-state index >= 15 is 0 Å². The van der Waals surface area contributed by atoms with Crippen LogP contribution in [0.1, 0.15) is 21.4 Å². The van der Waals surface area contributed by atoms with Gasteiger partial charge in [0.25, 0.3) is 0 Å². The molecule has 0 radical (unpaired) electrons. The lowest BCUT2D eigenvalue weighted by Gasteiger charge is -2.16. The normalized spacial score (nSPS) is 11.9. The van der Waals surface area contributed by atoms with E-state index in [-0.39, 0.29) is 11.7 Å². The van der Waals surface area contributed by atoms with Gasteiger partial charge in [-0.3, -0.25) is 4.79 Å². The molecule has 25 heavy (non-hydrogen) atoms. The van der Waals surface area contributed by atoms with E-state index in [0.717, 1.165) is 15.0 Å². The molecule has 3 rings (SSSR count). The van der Waals surface area contributed by atoms with E-state index in [1.807, 2.05) is 23.6 Å². The second kappa shape index (κ2) is 8.03. The van der Waals surface area contributed by atoms with E-state index in [4.69, 9.17) is 22.5 Å². The molecule has 0 spiro atoms. The van der Waals surface area contributed by atoms with Crippen molar-refractivity contribution in [2.75, 3.05) is 0 Å². The molecule has 0 amide bonds. The van der Waals surface area contributed by atoms with Gasteiger partial charge < -0.3 is 9.84 Å². The minimum Gasteiger partial charge on any atom is -0.481 e. The SMILES string of the molecule is O=C(O)Cc1cccc(Oc2ccc(Br)cc2C(S)c2nccs2)c1. The average Bonchev–Trinajstić information content (AvgIpc) is 3.10. The third-order valence-electron chi connectivity index (χ3n) is 3.43. The molecule has 7 heteroatoms. The Balaban J connectivity index is 1.91. The predicted octanol–water partition coefficient (Wildman–Crippen LogP) is 5.34. The topological polar surface area (TPSA) is 59.4 Å². The first kappa shape index (κ1) is 18.0. The predicted molar refractivity (Wildman–Crippen MR) is 105 cm³/mol. The molecular formula is C18H14BrNO3S2. The van der Waals surface area contributed by atoms with Crippen molar-refractivity contribution in [3.8, 4) is 11.5 Å². The third kappa shape index (κ3) is 4.62. The molecule has 128 valence electrons. The summed E-state index contributed by atoms with van der Waals surface area (Å²) in [6, 6.07) is 12.8. The van der Waals surface area contributed by atoms with Crippen LogP contribution < -0.4 is 4.74 Å². The molecule has 3 aromatic rings. The summed E-state index contributed by atoms with van der Waals surface area (Å²) in [6.07, 6.45) is 1.70. The number of halogens is 1. The van der Waals surface area contributed by atoms with Gasteiger partial charge in [0.05, 0.1) is 11.7 Å². The fourth-order valence-electron chi connectivity index (χ4n) is 2.35. The fourth-order valence-corrected chi connectivity index (χ4v) is 3.82. The lowest BCUT2D eigenvalue weighted by atomic mass is 10.1. The Hall–Kier alpha value is -1.83. The summed E-state index contributed by atoms with van der Waals surface area (Å²) >= 11 is 9.71. The van der Waals surface area contributed by atoms with Gasteiger partial charge in [-0.15, -0.1) is 11.3 Å². The molecule has 1 N–H and O–H groups in total. The average molecular weight is 436 g/mol. The maximum Gasteiger partial charge on any atom is 0.307 e. The number of nitrogens with zero attached hydrogens (tertiary/aromatic N) is 1. The number of hydrogen-bond donors (Lipinski definition) is 2. The van der Waals surface area contributed by atoms with Crippen LogP contribution in [-0.4, -0.2) is 16.1 Å². The fraction of sp³-hybridized carbons (Fsp3) is 0.111. The molecule has 0 fully saturated rings. The monoisotopic (exact) mass is 435 g/mol. The van der Waals surface area contributed by atoms with Gasteiger partial charge in [0.1, 0.15) is 16.5 Å². The van der Waals surface area contributed by atoms with E-state index in [1.54, 1.807) is 30.5 Å². The Labute approximate surface area is 163 Å². The van der Waals surface area contributed by atoms with Crippen LogP contribution in [0.5, 0.6) is 11.5 Å². The number of carboxylic acids is 1. The number of thiol groups is 1. The van der Waals surface area contributed by atoms with Crippen molar-refractivity contribution < 1.29 is 14.6 Å². The van der Waals surface area contributed by atoms with E-state index in [2.05, 4.69) is 20.9 Å². The summed E-state index contributed by atoms with van der Waals surface area (Å²) in [4.78, 5) is 15.2. The highest BCUT2D eigenvalue weighted by Gasteiger charge is 2.18. The lowest BCUT2D eigenvalue weighted by molar-refractivity contribution is -0.136. The van der Waals surface area contributed by atoms with Gasteiger partial charge in [-0.05, 0) is 35.9 Å². The van der Waals surface area contributed by atoms with E-state index in [1.165, 1.54) is 11.3 Å². The second-order valence-corrected chi connectivity index (χ2v) is 7.63. The first-order valence-corrected chi connectivity index (χ1v) is 9.57. The minimum atomic E-state index is -0.874. The van der Waals surface area contributed by atoms with E-state index in [0.29, 0.717) is 17.1 Å². The highest BCUT2D eigenvalue weighted by molar-refractivity contribution is 9.10. The first-order valence-electron chi connectivity index (χ1n) is 7.38. The first-order chi connectivity index (χ1) is 12.0. The number of thiazole rings is 1. The van der Waals surface area contributed by atoms with Gasteiger partial charge in [0, 0.05) is 21.6 Å². The molecule has 1 unspecified atom stereocenters. The highest BCUT2D eigenvalue weighted by atomic mass is 79.9. The largest absolute Gasteiger partial charge is 0.481 e. The molecular weight excluding hydrogens is 422 g/mol. The van der Waals surface area contributed by atoms with Crippen molar-refractivity contribution >= 4 is 45.9 Å². The second-order valence-electron chi connectivity index (χ2n) is 5.28. The van der Waals surface area contributed by atoms with Crippen LogP contribution in [0.25, 0.3) is 0 Å². The van der Waals surface area contributed by atoms with Crippen molar-refractivity contribution in [1.82, 2.24) is 4.98 Å². The molecule has 0 bridgehead atoms. The zero-order valence-corrected chi connectivity index (χ0v) is 16.2. The number of carbonyl (C=O) groups is 1. The van der Waals surface area contributed by atoms with Crippen molar-refractivity contribution in [3.63, 3.8) is 0 Å². The summed E-state index contributed by atoms with van der Waals surface area (Å²) in [6.45, 7) is 0. The van der Waals surface area contributed by atoms with Crippen molar-refractivity contribution in [1.29, 1.82) is 0 Å². The Kier molecular flexibility index (Phi) is 5.78. The molecule has 0 saturated carbocycles. The summed E-state index contributed by atoms with van der Waals surface area (Å²) in [5, 5.41) is 11.5. The maximum atomic E-state index is 10.9. The maximum absolute atomic E-state index is 10.9. The van der Waals surface area contributed by atoms with Crippen LogP contribution in [0.2, 0.25) is 0 Å². The van der Waals surface area contributed by atoms with Gasteiger partial charge in [0.15, 0.2) is 0 Å². The zero-order chi connectivity index (χ0) is 17.8. The van der Waals surface area contributed by atoms with Gasteiger partial charge >= 0.3 is 5.97 Å².